The Labute approximate surface area is 111 Å². The monoisotopic (exact) mass is 263 g/mol. The number of anilines is 2. The van der Waals surface area contributed by atoms with Crippen LogP contribution in [0, 0.1) is 17.2 Å². The molecule has 1 heterocycles. The number of rotatable bonds is 2. The van der Waals surface area contributed by atoms with E-state index in [9.17, 15) is 5.26 Å². The number of hydrogen-bond acceptors (Lipinski definition) is 6. The predicted octanol–water partition coefficient (Wildman–Crippen LogP) is 2.21. The summed E-state index contributed by atoms with van der Waals surface area (Å²) in [6, 6.07) is 3.95. The highest BCUT2D eigenvalue weighted by Crippen LogP contribution is 2.35. The number of nitriles is 1. The van der Waals surface area contributed by atoms with Gasteiger partial charge in [-0.25, -0.2) is 9.97 Å². The van der Waals surface area contributed by atoms with Gasteiger partial charge in [-0.3, -0.25) is 0 Å². The summed E-state index contributed by atoms with van der Waals surface area (Å²) in [6.45, 7) is 0. The van der Waals surface area contributed by atoms with Gasteiger partial charge in [0.2, 0.25) is 0 Å². The van der Waals surface area contributed by atoms with Crippen molar-refractivity contribution in [2.45, 2.75) is 42.5 Å². The van der Waals surface area contributed by atoms with Crippen LogP contribution in [0.2, 0.25) is 0 Å². The Kier molecular flexibility index (Phi) is 4.26. The van der Waals surface area contributed by atoms with E-state index in [1.165, 1.54) is 18.2 Å². The molecule has 18 heavy (non-hydrogen) atoms. The molecule has 2 atom stereocenters. The van der Waals surface area contributed by atoms with E-state index in [4.69, 9.17) is 11.5 Å². The summed E-state index contributed by atoms with van der Waals surface area (Å²) in [5, 5.41) is 10.1. The Morgan fingerprint density at radius 3 is 2.50 bits per heavy atom. The molecule has 6 heteroatoms. The summed E-state index contributed by atoms with van der Waals surface area (Å²) in [4.78, 5) is 8.34. The first-order valence-electron chi connectivity index (χ1n) is 6.15. The lowest BCUT2D eigenvalue weighted by atomic mass is 10.0. The van der Waals surface area contributed by atoms with E-state index < -0.39 is 0 Å². The molecule has 0 saturated heterocycles. The molecule has 2 unspecified atom stereocenters. The van der Waals surface area contributed by atoms with Gasteiger partial charge in [0.1, 0.15) is 11.6 Å². The summed E-state index contributed by atoms with van der Waals surface area (Å²) in [5.41, 5.74) is 11.3. The Morgan fingerprint density at radius 1 is 1.17 bits per heavy atom. The van der Waals surface area contributed by atoms with Gasteiger partial charge in [0, 0.05) is 11.3 Å². The van der Waals surface area contributed by atoms with Gasteiger partial charge in [0.25, 0.3) is 0 Å². The SMILES string of the molecule is N#CC1CCCCCC1Sc1nc(N)cc(N)n1. The maximum Gasteiger partial charge on any atom is 0.191 e. The van der Waals surface area contributed by atoms with Crippen LogP contribution in [-0.2, 0) is 0 Å². The predicted molar refractivity (Wildman–Crippen MR) is 72.7 cm³/mol. The molecule has 2 rings (SSSR count). The third-order valence-corrected chi connectivity index (χ3v) is 4.38. The highest BCUT2D eigenvalue weighted by Gasteiger charge is 2.25. The molecular weight excluding hydrogens is 246 g/mol. The van der Waals surface area contributed by atoms with Crippen LogP contribution in [0.25, 0.3) is 0 Å². The zero-order valence-electron chi connectivity index (χ0n) is 10.2. The van der Waals surface area contributed by atoms with Crippen molar-refractivity contribution in [2.24, 2.45) is 5.92 Å². The van der Waals surface area contributed by atoms with Crippen LogP contribution in [0.15, 0.2) is 11.2 Å². The molecule has 96 valence electrons. The smallest absolute Gasteiger partial charge is 0.191 e. The second-order valence-corrected chi connectivity index (χ2v) is 5.74. The van der Waals surface area contributed by atoms with Crippen LogP contribution >= 0.6 is 11.8 Å². The Hall–Kier alpha value is -1.48. The number of thioether (sulfide) groups is 1. The summed E-state index contributed by atoms with van der Waals surface area (Å²) in [5.74, 6) is 0.836. The van der Waals surface area contributed by atoms with Gasteiger partial charge in [-0.2, -0.15) is 5.26 Å². The van der Waals surface area contributed by atoms with Gasteiger partial charge in [0.15, 0.2) is 5.16 Å². The van der Waals surface area contributed by atoms with Crippen molar-refractivity contribution in [3.63, 3.8) is 0 Å². The van der Waals surface area contributed by atoms with Gasteiger partial charge < -0.3 is 11.5 Å². The summed E-state index contributed by atoms with van der Waals surface area (Å²) in [7, 11) is 0. The number of nitrogen functional groups attached to an aromatic ring is 2. The third-order valence-electron chi connectivity index (χ3n) is 3.12. The Morgan fingerprint density at radius 2 is 1.83 bits per heavy atom. The zero-order chi connectivity index (χ0) is 13.0. The van der Waals surface area contributed by atoms with Crippen LogP contribution < -0.4 is 11.5 Å². The largest absolute Gasteiger partial charge is 0.383 e. The maximum absolute atomic E-state index is 9.22. The average molecular weight is 263 g/mol. The molecule has 0 amide bonds. The van der Waals surface area contributed by atoms with Gasteiger partial charge in [-0.05, 0) is 12.8 Å². The minimum absolute atomic E-state index is 0.0729. The molecule has 0 spiro atoms. The highest BCUT2D eigenvalue weighted by molar-refractivity contribution is 7.99. The first kappa shape index (κ1) is 13.0. The molecule has 0 bridgehead atoms. The molecule has 1 aliphatic carbocycles. The van der Waals surface area contributed by atoms with Crippen molar-refractivity contribution >= 4 is 23.4 Å². The topological polar surface area (TPSA) is 102 Å². The lowest BCUT2D eigenvalue weighted by Gasteiger charge is -2.17. The molecular formula is C12H17N5S. The van der Waals surface area contributed by atoms with Gasteiger partial charge in [0.05, 0.1) is 12.0 Å². The molecule has 5 nitrogen and oxygen atoms in total. The van der Waals surface area contributed by atoms with E-state index in [1.807, 2.05) is 0 Å². The Balaban J connectivity index is 2.13. The van der Waals surface area contributed by atoms with Crippen molar-refractivity contribution in [1.82, 2.24) is 9.97 Å². The molecule has 1 aliphatic rings. The summed E-state index contributed by atoms with van der Waals surface area (Å²) in [6.07, 6.45) is 5.49. The quantitative estimate of drug-likeness (QED) is 0.626. The van der Waals surface area contributed by atoms with Crippen molar-refractivity contribution in [3.05, 3.63) is 6.07 Å². The lowest BCUT2D eigenvalue weighted by Crippen LogP contribution is -2.15. The van der Waals surface area contributed by atoms with E-state index in [-0.39, 0.29) is 11.2 Å². The normalized spacial score (nSPS) is 24.2. The maximum atomic E-state index is 9.22. The fourth-order valence-corrected chi connectivity index (χ4v) is 3.45. The molecule has 0 aromatic carbocycles. The number of nitrogens with zero attached hydrogens (tertiary/aromatic N) is 3. The average Bonchev–Trinajstić information content (AvgIpc) is 2.52. The molecule has 1 aromatic heterocycles. The van der Waals surface area contributed by atoms with Crippen molar-refractivity contribution in [1.29, 1.82) is 5.26 Å². The second-order valence-electron chi connectivity index (χ2n) is 4.53. The molecule has 1 saturated carbocycles. The van der Waals surface area contributed by atoms with Gasteiger partial charge >= 0.3 is 0 Å². The minimum Gasteiger partial charge on any atom is -0.383 e. The van der Waals surface area contributed by atoms with Crippen LogP contribution in [0.4, 0.5) is 11.6 Å². The molecule has 1 aromatic rings. The number of aromatic nitrogens is 2. The molecule has 0 aliphatic heterocycles. The first-order valence-corrected chi connectivity index (χ1v) is 7.03. The molecule has 0 radical (unpaired) electrons. The van der Waals surface area contributed by atoms with E-state index in [0.717, 1.165) is 25.7 Å². The number of nitrogens with two attached hydrogens (primary N) is 2. The van der Waals surface area contributed by atoms with Gasteiger partial charge in [-0.15, -0.1) is 0 Å². The third kappa shape index (κ3) is 3.26. The van der Waals surface area contributed by atoms with Crippen molar-refractivity contribution in [2.75, 3.05) is 11.5 Å². The standard InChI is InChI=1S/C12H17N5S/c13-7-8-4-2-1-3-5-9(8)18-12-16-10(14)6-11(15)17-12/h6,8-9H,1-5H2,(H4,14,15,16,17). The van der Waals surface area contributed by atoms with Crippen molar-refractivity contribution < 1.29 is 0 Å². The van der Waals surface area contributed by atoms with Crippen LogP contribution in [0.1, 0.15) is 32.1 Å². The second kappa shape index (κ2) is 5.91. The first-order chi connectivity index (χ1) is 8.69. The number of hydrogen-bond donors (Lipinski definition) is 2. The Bertz CT molecular complexity index is 436. The zero-order valence-corrected chi connectivity index (χ0v) is 11.0. The fourth-order valence-electron chi connectivity index (χ4n) is 2.21. The van der Waals surface area contributed by atoms with E-state index in [1.54, 1.807) is 6.07 Å². The van der Waals surface area contributed by atoms with E-state index in [0.29, 0.717) is 16.8 Å². The van der Waals surface area contributed by atoms with Gasteiger partial charge in [-0.1, -0.05) is 31.0 Å². The van der Waals surface area contributed by atoms with Crippen LogP contribution in [-0.4, -0.2) is 15.2 Å². The van der Waals surface area contributed by atoms with Crippen molar-refractivity contribution in [3.8, 4) is 6.07 Å². The summed E-state index contributed by atoms with van der Waals surface area (Å²) >= 11 is 1.53. The van der Waals surface area contributed by atoms with E-state index in [2.05, 4.69) is 16.0 Å². The summed E-state index contributed by atoms with van der Waals surface area (Å²) < 4.78 is 0. The highest BCUT2D eigenvalue weighted by atomic mass is 32.2. The fraction of sp³-hybridized carbons (Fsp3) is 0.583. The van der Waals surface area contributed by atoms with E-state index >= 15 is 0 Å². The lowest BCUT2D eigenvalue weighted by molar-refractivity contribution is 0.584. The van der Waals surface area contributed by atoms with Crippen LogP contribution in [0.5, 0.6) is 0 Å². The minimum atomic E-state index is 0.0729. The van der Waals surface area contributed by atoms with Crippen LogP contribution in [0.3, 0.4) is 0 Å². The molecule has 1 fully saturated rings. The molecule has 4 N–H and O–H groups in total.